The van der Waals surface area contributed by atoms with Gasteiger partial charge in [-0.3, -0.25) is 4.79 Å². The second-order valence-electron chi connectivity index (χ2n) is 5.17. The van der Waals surface area contributed by atoms with E-state index in [-0.39, 0.29) is 28.0 Å². The molecule has 130 valence electrons. The van der Waals surface area contributed by atoms with Crippen LogP contribution in [-0.2, 0) is 0 Å². The lowest BCUT2D eigenvalue weighted by Gasteiger charge is -2.13. The molecule has 7 heteroatoms. The minimum Gasteiger partial charge on any atom is -0.504 e. The molecule has 3 aromatic rings. The van der Waals surface area contributed by atoms with Gasteiger partial charge in [0.1, 0.15) is 17.4 Å². The van der Waals surface area contributed by atoms with Gasteiger partial charge >= 0.3 is 0 Å². The first-order chi connectivity index (χ1) is 12.0. The number of hydrogen-bond acceptors (Lipinski definition) is 7. The lowest BCUT2D eigenvalue weighted by Crippen LogP contribution is -2.06. The summed E-state index contributed by atoms with van der Waals surface area (Å²) >= 11 is 0. The van der Waals surface area contributed by atoms with Gasteiger partial charge in [-0.2, -0.15) is 0 Å². The molecule has 0 saturated carbocycles. The predicted molar refractivity (Wildman–Crippen MR) is 90.9 cm³/mol. The van der Waals surface area contributed by atoms with Crippen molar-refractivity contribution in [1.82, 2.24) is 0 Å². The van der Waals surface area contributed by atoms with Gasteiger partial charge in [-0.25, -0.2) is 0 Å². The molecular formula is C18H16O7. The van der Waals surface area contributed by atoms with Crippen molar-refractivity contribution in [3.05, 3.63) is 40.8 Å². The number of ether oxygens (including phenoxy) is 3. The molecule has 0 atom stereocenters. The molecule has 1 aromatic heterocycles. The van der Waals surface area contributed by atoms with Gasteiger partial charge in [-0.1, -0.05) is 12.1 Å². The van der Waals surface area contributed by atoms with Crippen molar-refractivity contribution >= 4 is 11.0 Å². The van der Waals surface area contributed by atoms with E-state index in [2.05, 4.69) is 0 Å². The summed E-state index contributed by atoms with van der Waals surface area (Å²) in [4.78, 5) is 12.9. The number of methoxy groups -OCH3 is 3. The molecule has 0 unspecified atom stereocenters. The summed E-state index contributed by atoms with van der Waals surface area (Å²) in [6.07, 6.45) is 1.25. The smallest absolute Gasteiger partial charge is 0.208 e. The molecular weight excluding hydrogens is 328 g/mol. The third kappa shape index (κ3) is 2.50. The van der Waals surface area contributed by atoms with Crippen LogP contribution in [0.4, 0.5) is 0 Å². The summed E-state index contributed by atoms with van der Waals surface area (Å²) in [6.45, 7) is 0. The Morgan fingerprint density at radius 1 is 0.880 bits per heavy atom. The van der Waals surface area contributed by atoms with Crippen molar-refractivity contribution in [1.29, 1.82) is 0 Å². The molecule has 0 amide bonds. The normalized spacial score (nSPS) is 10.7. The molecule has 7 nitrogen and oxygen atoms in total. The fourth-order valence-corrected chi connectivity index (χ4v) is 2.64. The molecule has 0 spiro atoms. The van der Waals surface area contributed by atoms with Gasteiger partial charge < -0.3 is 28.8 Å². The van der Waals surface area contributed by atoms with E-state index in [1.54, 1.807) is 31.4 Å². The molecule has 25 heavy (non-hydrogen) atoms. The Morgan fingerprint density at radius 2 is 1.52 bits per heavy atom. The summed E-state index contributed by atoms with van der Waals surface area (Å²) in [6, 6.07) is 6.80. The van der Waals surface area contributed by atoms with E-state index in [0.29, 0.717) is 11.3 Å². The topological polar surface area (TPSA) is 98.4 Å². The van der Waals surface area contributed by atoms with Gasteiger partial charge in [0.2, 0.25) is 22.7 Å². The van der Waals surface area contributed by atoms with Crippen LogP contribution in [0.25, 0.3) is 22.1 Å². The SMILES string of the molecule is COc1ccc(-c2coc3c(OC)c(O)c(OC)c(O)c3c2=O)cc1. The molecule has 3 rings (SSSR count). The summed E-state index contributed by atoms with van der Waals surface area (Å²) in [7, 11) is 4.11. The van der Waals surface area contributed by atoms with E-state index in [9.17, 15) is 15.0 Å². The standard InChI is InChI=1S/C18H16O7/c1-22-10-6-4-9(5-7-10)11-8-25-16-12(13(11)19)14(20)17(23-2)15(21)18(16)24-3/h4-8,20-21H,1-3H3. The average molecular weight is 344 g/mol. The van der Waals surface area contributed by atoms with Gasteiger partial charge in [0.05, 0.1) is 26.9 Å². The average Bonchev–Trinajstić information content (AvgIpc) is 2.62. The molecule has 2 N–H and O–H groups in total. The zero-order chi connectivity index (χ0) is 18.1. The van der Waals surface area contributed by atoms with Crippen molar-refractivity contribution in [2.75, 3.05) is 21.3 Å². The van der Waals surface area contributed by atoms with E-state index in [1.165, 1.54) is 20.5 Å². The second kappa shape index (κ2) is 6.27. The maximum absolute atomic E-state index is 12.9. The number of rotatable bonds is 4. The molecule has 0 fully saturated rings. The Labute approximate surface area is 142 Å². The van der Waals surface area contributed by atoms with Gasteiger partial charge in [0.25, 0.3) is 0 Å². The molecule has 0 saturated heterocycles. The molecule has 0 aliphatic rings. The van der Waals surface area contributed by atoms with E-state index < -0.39 is 16.9 Å². The molecule has 0 bridgehead atoms. The van der Waals surface area contributed by atoms with Crippen LogP contribution >= 0.6 is 0 Å². The van der Waals surface area contributed by atoms with Crippen LogP contribution in [0.5, 0.6) is 28.7 Å². The number of phenols is 2. The summed E-state index contributed by atoms with van der Waals surface area (Å²) < 4.78 is 20.7. The second-order valence-corrected chi connectivity index (χ2v) is 5.17. The zero-order valence-corrected chi connectivity index (χ0v) is 13.8. The molecule has 1 heterocycles. The summed E-state index contributed by atoms with van der Waals surface area (Å²) in [5, 5.41) is 20.3. The van der Waals surface area contributed by atoms with E-state index in [0.717, 1.165) is 0 Å². The first-order valence-electron chi connectivity index (χ1n) is 7.29. The fourth-order valence-electron chi connectivity index (χ4n) is 2.64. The number of phenolic OH excluding ortho intramolecular Hbond substituents is 2. The number of aromatic hydroxyl groups is 2. The van der Waals surface area contributed by atoms with Crippen LogP contribution < -0.4 is 19.6 Å². The number of fused-ring (bicyclic) bond motifs is 1. The maximum atomic E-state index is 12.9. The minimum absolute atomic E-state index is 0.0689. The van der Waals surface area contributed by atoms with E-state index >= 15 is 0 Å². The van der Waals surface area contributed by atoms with Crippen LogP contribution in [0.3, 0.4) is 0 Å². The van der Waals surface area contributed by atoms with Crippen LogP contribution in [0.1, 0.15) is 0 Å². The first-order valence-corrected chi connectivity index (χ1v) is 7.29. The highest BCUT2D eigenvalue weighted by atomic mass is 16.5. The van der Waals surface area contributed by atoms with Crippen molar-refractivity contribution < 1.29 is 28.8 Å². The Kier molecular flexibility index (Phi) is 4.14. The van der Waals surface area contributed by atoms with Crippen LogP contribution in [0.2, 0.25) is 0 Å². The quantitative estimate of drug-likeness (QED) is 0.751. The third-order valence-corrected chi connectivity index (χ3v) is 3.89. The van der Waals surface area contributed by atoms with E-state index in [1.807, 2.05) is 0 Å². The Hall–Kier alpha value is -3.35. The Morgan fingerprint density at radius 3 is 2.08 bits per heavy atom. The maximum Gasteiger partial charge on any atom is 0.208 e. The van der Waals surface area contributed by atoms with Crippen LogP contribution in [0.15, 0.2) is 39.7 Å². The van der Waals surface area contributed by atoms with Gasteiger partial charge in [-0.05, 0) is 17.7 Å². The van der Waals surface area contributed by atoms with Crippen LogP contribution in [-0.4, -0.2) is 31.5 Å². The number of hydrogen-bond donors (Lipinski definition) is 2. The van der Waals surface area contributed by atoms with Gasteiger partial charge in [0, 0.05) is 0 Å². The van der Waals surface area contributed by atoms with E-state index in [4.69, 9.17) is 18.6 Å². The minimum atomic E-state index is -0.514. The van der Waals surface area contributed by atoms with Crippen LogP contribution in [0, 0.1) is 0 Å². The van der Waals surface area contributed by atoms with Gasteiger partial charge in [0.15, 0.2) is 11.3 Å². The van der Waals surface area contributed by atoms with Crippen molar-refractivity contribution in [3.63, 3.8) is 0 Å². The summed E-state index contributed by atoms with van der Waals surface area (Å²) in [5.74, 6) is -0.674. The van der Waals surface area contributed by atoms with Crippen molar-refractivity contribution in [2.45, 2.75) is 0 Å². The molecule has 0 radical (unpaired) electrons. The van der Waals surface area contributed by atoms with Crippen molar-refractivity contribution in [2.24, 2.45) is 0 Å². The fraction of sp³-hybridized carbons (Fsp3) is 0.167. The van der Waals surface area contributed by atoms with Crippen molar-refractivity contribution in [3.8, 4) is 39.9 Å². The highest BCUT2D eigenvalue weighted by molar-refractivity contribution is 5.96. The highest BCUT2D eigenvalue weighted by Gasteiger charge is 2.25. The Balaban J connectivity index is 2.34. The monoisotopic (exact) mass is 344 g/mol. The largest absolute Gasteiger partial charge is 0.504 e. The highest BCUT2D eigenvalue weighted by Crippen LogP contribution is 2.48. The van der Waals surface area contributed by atoms with Gasteiger partial charge in [-0.15, -0.1) is 0 Å². The number of benzene rings is 2. The lowest BCUT2D eigenvalue weighted by molar-refractivity contribution is 0.323. The molecule has 0 aliphatic carbocycles. The summed E-state index contributed by atoms with van der Waals surface area (Å²) in [5.41, 5.74) is 0.267. The lowest BCUT2D eigenvalue weighted by atomic mass is 10.0. The molecule has 0 aliphatic heterocycles. The Bertz CT molecular complexity index is 987. The molecule has 2 aromatic carbocycles. The third-order valence-electron chi connectivity index (χ3n) is 3.89. The predicted octanol–water partition coefficient (Wildman–Crippen LogP) is 2.90. The zero-order valence-electron chi connectivity index (χ0n) is 13.8. The first kappa shape index (κ1) is 16.5.